The Morgan fingerprint density at radius 3 is 2.74 bits per heavy atom. The van der Waals surface area contributed by atoms with Crippen LogP contribution in [0.5, 0.6) is 0 Å². The van der Waals surface area contributed by atoms with Crippen molar-refractivity contribution < 1.29 is 8.81 Å². The van der Waals surface area contributed by atoms with E-state index in [9.17, 15) is 4.39 Å². The number of nitrogens with one attached hydrogen (secondary N) is 1. The minimum absolute atomic E-state index is 0.250. The molecule has 0 bridgehead atoms. The molecular formula is C16H11FN4OS. The second-order valence-corrected chi connectivity index (χ2v) is 6.07. The number of thiazole rings is 1. The molecular weight excluding hydrogens is 315 g/mol. The van der Waals surface area contributed by atoms with E-state index in [1.54, 1.807) is 12.1 Å². The Bertz CT molecular complexity index is 977. The Hall–Kier alpha value is -2.80. The molecule has 2 aromatic carbocycles. The van der Waals surface area contributed by atoms with Crippen LogP contribution in [0.1, 0.15) is 5.56 Å². The quantitative estimate of drug-likeness (QED) is 0.599. The fraction of sp³-hybridized carbons (Fsp3) is 0.0625. The summed E-state index contributed by atoms with van der Waals surface area (Å²) in [5.74, 6) is 0.0147. The lowest BCUT2D eigenvalue weighted by Crippen LogP contribution is -1.88. The van der Waals surface area contributed by atoms with Gasteiger partial charge in [-0.3, -0.25) is 5.32 Å². The summed E-state index contributed by atoms with van der Waals surface area (Å²) in [6.45, 7) is 2.04. The van der Waals surface area contributed by atoms with E-state index in [2.05, 4.69) is 26.6 Å². The summed E-state index contributed by atoms with van der Waals surface area (Å²) in [4.78, 5) is 4.47. The van der Waals surface area contributed by atoms with Gasteiger partial charge in [0.25, 0.3) is 0 Å². The number of hydrogen-bond acceptors (Lipinski definition) is 6. The zero-order chi connectivity index (χ0) is 15.8. The lowest BCUT2D eigenvalue weighted by Gasteiger charge is -1.95. The van der Waals surface area contributed by atoms with E-state index < -0.39 is 0 Å². The first-order valence-electron chi connectivity index (χ1n) is 6.91. The van der Waals surface area contributed by atoms with Gasteiger partial charge >= 0.3 is 6.01 Å². The first-order valence-corrected chi connectivity index (χ1v) is 7.73. The maximum Gasteiger partial charge on any atom is 0.322 e. The van der Waals surface area contributed by atoms with Gasteiger partial charge in [0.1, 0.15) is 5.82 Å². The lowest BCUT2D eigenvalue weighted by atomic mass is 10.2. The van der Waals surface area contributed by atoms with Crippen molar-refractivity contribution in [2.75, 3.05) is 5.32 Å². The molecule has 2 aromatic heterocycles. The second-order valence-electron chi connectivity index (χ2n) is 5.03. The highest BCUT2D eigenvalue weighted by molar-refractivity contribution is 7.22. The summed E-state index contributed by atoms with van der Waals surface area (Å²) in [5.41, 5.74) is 2.76. The van der Waals surface area contributed by atoms with Crippen LogP contribution < -0.4 is 5.32 Å². The van der Waals surface area contributed by atoms with E-state index in [0.29, 0.717) is 16.6 Å². The van der Waals surface area contributed by atoms with Crippen molar-refractivity contribution in [3.8, 4) is 11.5 Å². The van der Waals surface area contributed by atoms with E-state index in [0.717, 1.165) is 10.2 Å². The summed E-state index contributed by atoms with van der Waals surface area (Å²) in [5, 5.41) is 11.6. The van der Waals surface area contributed by atoms with Crippen molar-refractivity contribution in [3.63, 3.8) is 0 Å². The largest absolute Gasteiger partial charge is 0.403 e. The Labute approximate surface area is 134 Å². The Kier molecular flexibility index (Phi) is 3.27. The average molecular weight is 326 g/mol. The van der Waals surface area contributed by atoms with Gasteiger partial charge in [0, 0.05) is 5.56 Å². The molecule has 2 heterocycles. The summed E-state index contributed by atoms with van der Waals surface area (Å²) in [6.07, 6.45) is 0. The predicted octanol–water partition coefficient (Wildman–Crippen LogP) is 4.54. The standard InChI is InChI=1S/C16H11FN4OS/c1-9-2-7-12-13(8-9)23-16(18-12)19-15-21-20-14(22-15)10-3-5-11(17)6-4-10/h2-8H,1H3,(H,18,19,21). The van der Waals surface area contributed by atoms with Gasteiger partial charge in [-0.25, -0.2) is 9.37 Å². The normalized spacial score (nSPS) is 11.0. The molecule has 0 atom stereocenters. The van der Waals surface area contributed by atoms with E-state index in [-0.39, 0.29) is 11.8 Å². The molecule has 0 amide bonds. The highest BCUT2D eigenvalue weighted by Crippen LogP contribution is 2.29. The van der Waals surface area contributed by atoms with Crippen LogP contribution in [-0.4, -0.2) is 15.2 Å². The van der Waals surface area contributed by atoms with Crippen molar-refractivity contribution in [1.29, 1.82) is 0 Å². The van der Waals surface area contributed by atoms with Crippen LogP contribution in [0.25, 0.3) is 21.7 Å². The molecule has 0 unspecified atom stereocenters. The molecule has 0 saturated heterocycles. The van der Waals surface area contributed by atoms with E-state index in [1.165, 1.54) is 29.0 Å². The molecule has 0 aliphatic rings. The molecule has 0 saturated carbocycles. The van der Waals surface area contributed by atoms with Crippen molar-refractivity contribution in [2.45, 2.75) is 6.92 Å². The topological polar surface area (TPSA) is 63.8 Å². The minimum atomic E-state index is -0.309. The molecule has 0 spiro atoms. The van der Waals surface area contributed by atoms with Crippen molar-refractivity contribution in [3.05, 3.63) is 53.8 Å². The fourth-order valence-electron chi connectivity index (χ4n) is 2.16. The monoisotopic (exact) mass is 326 g/mol. The van der Waals surface area contributed by atoms with Gasteiger partial charge in [0.15, 0.2) is 5.13 Å². The molecule has 5 nitrogen and oxygen atoms in total. The van der Waals surface area contributed by atoms with Crippen LogP contribution in [-0.2, 0) is 0 Å². The number of halogens is 1. The molecule has 4 aromatic rings. The maximum absolute atomic E-state index is 12.9. The number of nitrogens with zero attached hydrogens (tertiary/aromatic N) is 3. The molecule has 1 N–H and O–H groups in total. The molecule has 7 heteroatoms. The van der Waals surface area contributed by atoms with Crippen LogP contribution in [0, 0.1) is 12.7 Å². The fourth-order valence-corrected chi connectivity index (χ4v) is 3.11. The molecule has 4 rings (SSSR count). The number of hydrogen-bond donors (Lipinski definition) is 1. The summed E-state index contributed by atoms with van der Waals surface area (Å²) >= 11 is 1.51. The van der Waals surface area contributed by atoms with Gasteiger partial charge in [-0.05, 0) is 48.9 Å². The molecule has 0 aliphatic carbocycles. The minimum Gasteiger partial charge on any atom is -0.403 e. The van der Waals surface area contributed by atoms with Gasteiger partial charge < -0.3 is 4.42 Å². The highest BCUT2D eigenvalue weighted by Gasteiger charge is 2.11. The van der Waals surface area contributed by atoms with Crippen molar-refractivity contribution >= 4 is 32.7 Å². The van der Waals surface area contributed by atoms with E-state index >= 15 is 0 Å². The van der Waals surface area contributed by atoms with E-state index in [1.807, 2.05) is 19.1 Å². The van der Waals surface area contributed by atoms with Crippen molar-refractivity contribution in [2.24, 2.45) is 0 Å². The first kappa shape index (κ1) is 13.8. The van der Waals surface area contributed by atoms with Crippen molar-refractivity contribution in [1.82, 2.24) is 15.2 Å². The highest BCUT2D eigenvalue weighted by atomic mass is 32.1. The van der Waals surface area contributed by atoms with Gasteiger partial charge in [-0.2, -0.15) is 0 Å². The smallest absolute Gasteiger partial charge is 0.322 e. The Morgan fingerprint density at radius 2 is 1.91 bits per heavy atom. The molecule has 0 aliphatic heterocycles. The summed E-state index contributed by atoms with van der Waals surface area (Å²) in [6, 6.07) is 12.2. The number of rotatable bonds is 3. The summed E-state index contributed by atoms with van der Waals surface area (Å²) < 4.78 is 19.6. The third-order valence-electron chi connectivity index (χ3n) is 3.27. The zero-order valence-electron chi connectivity index (χ0n) is 12.1. The Balaban J connectivity index is 1.60. The predicted molar refractivity (Wildman–Crippen MR) is 87.3 cm³/mol. The second kappa shape index (κ2) is 5.44. The number of benzene rings is 2. The summed E-state index contributed by atoms with van der Waals surface area (Å²) in [7, 11) is 0. The molecule has 114 valence electrons. The first-order chi connectivity index (χ1) is 11.2. The van der Waals surface area contributed by atoms with Crippen LogP contribution in [0.3, 0.4) is 0 Å². The molecule has 23 heavy (non-hydrogen) atoms. The third-order valence-corrected chi connectivity index (χ3v) is 4.21. The number of fused-ring (bicyclic) bond motifs is 1. The number of aromatic nitrogens is 3. The SMILES string of the molecule is Cc1ccc2nc(Nc3nnc(-c4ccc(F)cc4)o3)sc2c1. The van der Waals surface area contributed by atoms with Gasteiger partial charge in [-0.15, -0.1) is 5.10 Å². The van der Waals surface area contributed by atoms with Crippen LogP contribution in [0.15, 0.2) is 46.9 Å². The average Bonchev–Trinajstić information content (AvgIpc) is 3.14. The van der Waals surface area contributed by atoms with Crippen LogP contribution >= 0.6 is 11.3 Å². The third kappa shape index (κ3) is 2.78. The number of anilines is 2. The van der Waals surface area contributed by atoms with Crippen LogP contribution in [0.2, 0.25) is 0 Å². The van der Waals surface area contributed by atoms with Gasteiger partial charge in [-0.1, -0.05) is 22.5 Å². The van der Waals surface area contributed by atoms with Gasteiger partial charge in [0.05, 0.1) is 10.2 Å². The molecule has 0 radical (unpaired) electrons. The Morgan fingerprint density at radius 1 is 1.09 bits per heavy atom. The number of aryl methyl sites for hydroxylation is 1. The van der Waals surface area contributed by atoms with Crippen LogP contribution in [0.4, 0.5) is 15.5 Å². The zero-order valence-corrected chi connectivity index (χ0v) is 12.9. The maximum atomic E-state index is 12.9. The van der Waals surface area contributed by atoms with E-state index in [4.69, 9.17) is 4.42 Å². The lowest BCUT2D eigenvalue weighted by molar-refractivity contribution is 0.587. The molecule has 0 fully saturated rings. The van der Waals surface area contributed by atoms with Gasteiger partial charge in [0.2, 0.25) is 5.89 Å².